The van der Waals surface area contributed by atoms with Gasteiger partial charge in [0.25, 0.3) is 0 Å². The van der Waals surface area contributed by atoms with E-state index in [9.17, 15) is 21.2 Å². The molecule has 4 rings (SSSR count). The molecule has 0 radical (unpaired) electrons. The zero-order chi connectivity index (χ0) is 24.8. The van der Waals surface area contributed by atoms with Crippen LogP contribution in [0.3, 0.4) is 0 Å². The molecular formula is C26H28FNO4S2. The second kappa shape index (κ2) is 8.91. The Morgan fingerprint density at radius 1 is 0.853 bits per heavy atom. The van der Waals surface area contributed by atoms with Crippen LogP contribution in [-0.4, -0.2) is 33.4 Å². The largest absolute Gasteiger partial charge is 0.243 e. The molecule has 0 spiro atoms. The molecule has 0 N–H and O–H groups in total. The van der Waals surface area contributed by atoms with Gasteiger partial charge in [-0.25, -0.2) is 21.2 Å². The molecule has 1 heterocycles. The Kier molecular flexibility index (Phi) is 6.44. The van der Waals surface area contributed by atoms with Crippen LogP contribution in [0.4, 0.5) is 4.39 Å². The minimum atomic E-state index is -3.91. The van der Waals surface area contributed by atoms with E-state index >= 15 is 0 Å². The number of sulfonamides is 1. The zero-order valence-electron chi connectivity index (χ0n) is 19.7. The topological polar surface area (TPSA) is 71.5 Å². The Bertz CT molecular complexity index is 1440. The van der Waals surface area contributed by atoms with Crippen molar-refractivity contribution in [1.82, 2.24) is 4.31 Å². The first-order chi connectivity index (χ1) is 15.9. The number of nitrogens with zero attached hydrogens (tertiary/aromatic N) is 1. The number of hydrogen-bond donors (Lipinski definition) is 0. The van der Waals surface area contributed by atoms with Crippen LogP contribution < -0.4 is 0 Å². The maximum Gasteiger partial charge on any atom is 0.243 e. The first-order valence-corrected chi connectivity index (χ1v) is 14.1. The van der Waals surface area contributed by atoms with Crippen LogP contribution in [-0.2, 0) is 26.4 Å². The normalized spacial score (nSPS) is 16.9. The summed E-state index contributed by atoms with van der Waals surface area (Å²) >= 11 is 0. The summed E-state index contributed by atoms with van der Waals surface area (Å²) in [6, 6.07) is 14.4. The molecule has 5 nitrogen and oxygen atoms in total. The monoisotopic (exact) mass is 501 g/mol. The fraction of sp³-hybridized carbons (Fsp3) is 0.308. The van der Waals surface area contributed by atoms with Crippen LogP contribution in [0.25, 0.3) is 0 Å². The highest BCUT2D eigenvalue weighted by atomic mass is 32.2. The third-order valence-corrected chi connectivity index (χ3v) is 10.3. The summed E-state index contributed by atoms with van der Waals surface area (Å²) in [4.78, 5) is 0.407. The van der Waals surface area contributed by atoms with E-state index in [1.807, 2.05) is 26.0 Å². The second-order valence-electron chi connectivity index (χ2n) is 9.16. The number of rotatable bonds is 5. The molecule has 0 saturated carbocycles. The van der Waals surface area contributed by atoms with Crippen LogP contribution in [0, 0.1) is 33.5 Å². The van der Waals surface area contributed by atoms with Gasteiger partial charge >= 0.3 is 0 Å². The smallest absolute Gasteiger partial charge is 0.224 e. The molecule has 8 heteroatoms. The molecule has 1 atom stereocenters. The first kappa shape index (κ1) is 24.6. The first-order valence-electron chi connectivity index (χ1n) is 11.0. The Morgan fingerprint density at radius 2 is 1.47 bits per heavy atom. The average molecular weight is 502 g/mol. The molecule has 1 aliphatic heterocycles. The van der Waals surface area contributed by atoms with Crippen LogP contribution in [0.15, 0.2) is 64.4 Å². The number of aryl methyl sites for hydroxylation is 4. The molecule has 3 aromatic carbocycles. The van der Waals surface area contributed by atoms with Crippen molar-refractivity contribution in [2.24, 2.45) is 0 Å². The number of hydrogen-bond acceptors (Lipinski definition) is 4. The standard InChI is InChI=1S/C26H28FNO4S2/c1-17-5-9-24(10-6-17)33(29,30)16-22-15-28(14-21-7-8-23(27)13-25(21)22)34(31,32)26-19(3)11-18(2)12-20(26)4/h5-13,22H,14-16H2,1-4H3. The van der Waals surface area contributed by atoms with E-state index in [0.29, 0.717) is 22.3 Å². The summed E-state index contributed by atoms with van der Waals surface area (Å²) in [5.74, 6) is -1.49. The van der Waals surface area contributed by atoms with Gasteiger partial charge in [-0.1, -0.05) is 41.5 Å². The lowest BCUT2D eigenvalue weighted by Crippen LogP contribution is -2.40. The van der Waals surface area contributed by atoms with Gasteiger partial charge in [0.05, 0.1) is 15.5 Å². The van der Waals surface area contributed by atoms with E-state index < -0.39 is 31.6 Å². The Morgan fingerprint density at radius 3 is 2.09 bits per heavy atom. The molecule has 0 aliphatic carbocycles. The fourth-order valence-electron chi connectivity index (χ4n) is 4.82. The van der Waals surface area contributed by atoms with Crippen molar-refractivity contribution in [2.75, 3.05) is 12.3 Å². The third kappa shape index (κ3) is 4.67. The molecule has 1 aliphatic rings. The van der Waals surface area contributed by atoms with E-state index in [0.717, 1.165) is 11.1 Å². The lowest BCUT2D eigenvalue weighted by Gasteiger charge is -2.34. The lowest BCUT2D eigenvalue weighted by atomic mass is 9.92. The summed E-state index contributed by atoms with van der Waals surface area (Å²) in [7, 11) is -7.64. The molecule has 180 valence electrons. The van der Waals surface area contributed by atoms with Gasteiger partial charge in [-0.05, 0) is 74.2 Å². The third-order valence-electron chi connectivity index (χ3n) is 6.32. The molecule has 0 saturated heterocycles. The predicted molar refractivity (Wildman–Crippen MR) is 131 cm³/mol. The van der Waals surface area contributed by atoms with Crippen molar-refractivity contribution in [2.45, 2.75) is 49.9 Å². The number of fused-ring (bicyclic) bond motifs is 1. The molecule has 0 bridgehead atoms. The fourth-order valence-corrected chi connectivity index (χ4v) is 8.26. The predicted octanol–water partition coefficient (Wildman–Crippen LogP) is 4.82. The van der Waals surface area contributed by atoms with Crippen LogP contribution in [0.5, 0.6) is 0 Å². The summed E-state index contributed by atoms with van der Waals surface area (Å²) in [6.45, 7) is 7.32. The maximum absolute atomic E-state index is 14.1. The molecule has 3 aromatic rings. The molecule has 0 fully saturated rings. The van der Waals surface area contributed by atoms with E-state index in [4.69, 9.17) is 0 Å². The van der Waals surface area contributed by atoms with Gasteiger partial charge < -0.3 is 0 Å². The molecule has 0 aromatic heterocycles. The van der Waals surface area contributed by atoms with Crippen molar-refractivity contribution >= 4 is 19.9 Å². The van der Waals surface area contributed by atoms with Crippen LogP contribution in [0.2, 0.25) is 0 Å². The Hall–Kier alpha value is -2.55. The Labute approximate surface area is 201 Å². The SMILES string of the molecule is Cc1ccc(S(=O)(=O)CC2CN(S(=O)(=O)c3c(C)cc(C)cc3C)Cc3ccc(F)cc32)cc1. The highest BCUT2D eigenvalue weighted by Gasteiger charge is 2.37. The van der Waals surface area contributed by atoms with Crippen molar-refractivity contribution < 1.29 is 21.2 Å². The minimum absolute atomic E-state index is 0.0450. The van der Waals surface area contributed by atoms with Crippen LogP contribution >= 0.6 is 0 Å². The lowest BCUT2D eigenvalue weighted by molar-refractivity contribution is 0.362. The maximum atomic E-state index is 14.1. The van der Waals surface area contributed by atoms with Gasteiger partial charge in [0, 0.05) is 19.0 Å². The molecule has 1 unspecified atom stereocenters. The van der Waals surface area contributed by atoms with Gasteiger partial charge in [0.2, 0.25) is 10.0 Å². The van der Waals surface area contributed by atoms with E-state index in [1.165, 1.54) is 16.4 Å². The van der Waals surface area contributed by atoms with Crippen molar-refractivity contribution in [3.05, 3.63) is 93.8 Å². The summed E-state index contributed by atoms with van der Waals surface area (Å²) in [6.07, 6.45) is 0. The van der Waals surface area contributed by atoms with Crippen LogP contribution in [0.1, 0.15) is 39.3 Å². The van der Waals surface area contributed by atoms with Crippen molar-refractivity contribution in [1.29, 1.82) is 0 Å². The molecule has 0 amide bonds. The van der Waals surface area contributed by atoms with Gasteiger partial charge in [-0.15, -0.1) is 0 Å². The van der Waals surface area contributed by atoms with Gasteiger partial charge in [0.15, 0.2) is 9.84 Å². The number of benzene rings is 3. The second-order valence-corrected chi connectivity index (χ2v) is 13.1. The van der Waals surface area contributed by atoms with Gasteiger partial charge in [-0.3, -0.25) is 0 Å². The van der Waals surface area contributed by atoms with E-state index in [2.05, 4.69) is 0 Å². The number of sulfone groups is 1. The highest BCUT2D eigenvalue weighted by Crippen LogP contribution is 2.36. The van der Waals surface area contributed by atoms with E-state index in [-0.39, 0.29) is 28.6 Å². The summed E-state index contributed by atoms with van der Waals surface area (Å²) in [5.41, 5.74) is 4.35. The Balaban J connectivity index is 1.76. The summed E-state index contributed by atoms with van der Waals surface area (Å²) in [5, 5.41) is 0. The zero-order valence-corrected chi connectivity index (χ0v) is 21.3. The quantitative estimate of drug-likeness (QED) is 0.503. The minimum Gasteiger partial charge on any atom is -0.224 e. The molecular weight excluding hydrogens is 473 g/mol. The van der Waals surface area contributed by atoms with Gasteiger partial charge in [-0.2, -0.15) is 4.31 Å². The van der Waals surface area contributed by atoms with Gasteiger partial charge in [0.1, 0.15) is 5.82 Å². The van der Waals surface area contributed by atoms with Crippen molar-refractivity contribution in [3.63, 3.8) is 0 Å². The summed E-state index contributed by atoms with van der Waals surface area (Å²) < 4.78 is 69.4. The van der Waals surface area contributed by atoms with E-state index in [1.54, 1.807) is 44.2 Å². The number of halogens is 1. The highest BCUT2D eigenvalue weighted by molar-refractivity contribution is 7.91. The molecule has 34 heavy (non-hydrogen) atoms. The van der Waals surface area contributed by atoms with Crippen molar-refractivity contribution in [3.8, 4) is 0 Å². The average Bonchev–Trinajstić information content (AvgIpc) is 2.73.